The van der Waals surface area contributed by atoms with Crippen molar-refractivity contribution in [3.05, 3.63) is 18.3 Å². The van der Waals surface area contributed by atoms with Gasteiger partial charge in [-0.05, 0) is 13.0 Å². The number of pyridine rings is 1. The number of piperidine rings is 1. The van der Waals surface area contributed by atoms with E-state index in [1.54, 1.807) is 31.0 Å². The first-order valence-corrected chi connectivity index (χ1v) is 9.54. The molecule has 0 radical (unpaired) electrons. The van der Waals surface area contributed by atoms with Crippen molar-refractivity contribution in [2.75, 3.05) is 37.2 Å². The Morgan fingerprint density at radius 1 is 1.42 bits per heavy atom. The SMILES string of the molecule is CCS(=O)(=O)N(C)c1ccc(OC2CCN(C(=O)NC)CC2)nc1. The summed E-state index contributed by atoms with van der Waals surface area (Å²) in [5.74, 6) is 0.491. The average Bonchev–Trinajstić information content (AvgIpc) is 2.61. The van der Waals surface area contributed by atoms with Crippen molar-refractivity contribution in [1.29, 1.82) is 0 Å². The zero-order valence-electron chi connectivity index (χ0n) is 14.2. The minimum atomic E-state index is -3.30. The first-order valence-electron chi connectivity index (χ1n) is 7.93. The number of aromatic nitrogens is 1. The van der Waals surface area contributed by atoms with Gasteiger partial charge in [-0.3, -0.25) is 4.31 Å². The predicted molar refractivity (Wildman–Crippen MR) is 91.8 cm³/mol. The number of hydrogen-bond acceptors (Lipinski definition) is 5. The van der Waals surface area contributed by atoms with Gasteiger partial charge < -0.3 is 15.0 Å². The summed E-state index contributed by atoms with van der Waals surface area (Å²) in [7, 11) is -0.177. The molecule has 24 heavy (non-hydrogen) atoms. The number of sulfonamides is 1. The molecule has 0 aromatic carbocycles. The summed E-state index contributed by atoms with van der Waals surface area (Å²) in [6.07, 6.45) is 2.96. The maximum Gasteiger partial charge on any atom is 0.317 e. The zero-order chi connectivity index (χ0) is 17.7. The first kappa shape index (κ1) is 18.3. The van der Waals surface area contributed by atoms with Crippen LogP contribution < -0.4 is 14.4 Å². The minimum absolute atomic E-state index is 0.00126. The lowest BCUT2D eigenvalue weighted by atomic mass is 10.1. The molecule has 1 saturated heterocycles. The lowest BCUT2D eigenvalue weighted by molar-refractivity contribution is 0.108. The molecular formula is C15H24N4O4S. The van der Waals surface area contributed by atoms with Gasteiger partial charge in [0.1, 0.15) is 6.10 Å². The van der Waals surface area contributed by atoms with Gasteiger partial charge in [-0.2, -0.15) is 0 Å². The van der Waals surface area contributed by atoms with Crippen molar-refractivity contribution in [3.63, 3.8) is 0 Å². The summed E-state index contributed by atoms with van der Waals surface area (Å²) in [6, 6.07) is 3.27. The molecule has 0 aliphatic carbocycles. The molecule has 1 aromatic heterocycles. The number of nitrogens with one attached hydrogen (secondary N) is 1. The van der Waals surface area contributed by atoms with E-state index in [9.17, 15) is 13.2 Å². The third-order valence-corrected chi connectivity index (χ3v) is 5.87. The van der Waals surface area contributed by atoms with Gasteiger partial charge in [0.2, 0.25) is 15.9 Å². The molecule has 1 N–H and O–H groups in total. The van der Waals surface area contributed by atoms with Crippen molar-refractivity contribution in [1.82, 2.24) is 15.2 Å². The number of carbonyl (C=O) groups is 1. The average molecular weight is 356 g/mol. The van der Waals surface area contributed by atoms with Gasteiger partial charge in [0.05, 0.1) is 17.6 Å². The Hall–Kier alpha value is -2.03. The monoisotopic (exact) mass is 356 g/mol. The molecule has 2 amide bonds. The standard InChI is InChI=1S/C15H24N4O4S/c1-4-24(21,22)18(3)12-5-6-14(17-11-12)23-13-7-9-19(10-8-13)15(20)16-2/h5-6,11,13H,4,7-10H2,1-3H3,(H,16,20). The van der Waals surface area contributed by atoms with Crippen LogP contribution in [0.2, 0.25) is 0 Å². The Bertz CT molecular complexity index is 655. The predicted octanol–water partition coefficient (Wildman–Crippen LogP) is 1.05. The number of carbonyl (C=O) groups excluding carboxylic acids is 1. The third kappa shape index (κ3) is 4.28. The van der Waals surface area contributed by atoms with Gasteiger partial charge in [0.15, 0.2) is 0 Å². The van der Waals surface area contributed by atoms with Crippen LogP contribution in [0.15, 0.2) is 18.3 Å². The molecular weight excluding hydrogens is 332 g/mol. The third-order valence-electron chi connectivity index (χ3n) is 4.10. The summed E-state index contributed by atoms with van der Waals surface area (Å²) in [4.78, 5) is 17.5. The molecule has 8 nitrogen and oxygen atoms in total. The number of urea groups is 1. The number of amides is 2. The lowest BCUT2D eigenvalue weighted by Crippen LogP contribution is -2.45. The number of ether oxygens (including phenoxy) is 1. The quantitative estimate of drug-likeness (QED) is 0.851. The van der Waals surface area contributed by atoms with Crippen LogP contribution in [0, 0.1) is 0 Å². The van der Waals surface area contributed by atoms with Crippen molar-refractivity contribution in [3.8, 4) is 5.88 Å². The lowest BCUT2D eigenvalue weighted by Gasteiger charge is -2.31. The largest absolute Gasteiger partial charge is 0.474 e. The Kier molecular flexibility index (Phi) is 5.87. The second-order valence-corrected chi connectivity index (χ2v) is 7.87. The summed E-state index contributed by atoms with van der Waals surface area (Å²) in [6.45, 7) is 2.88. The van der Waals surface area contributed by atoms with E-state index >= 15 is 0 Å². The van der Waals surface area contributed by atoms with Crippen molar-refractivity contribution in [2.24, 2.45) is 0 Å². The molecule has 0 bridgehead atoms. The summed E-state index contributed by atoms with van der Waals surface area (Å²) < 4.78 is 30.7. The van der Waals surface area contributed by atoms with Gasteiger partial charge in [-0.15, -0.1) is 0 Å². The smallest absolute Gasteiger partial charge is 0.317 e. The van der Waals surface area contributed by atoms with E-state index in [4.69, 9.17) is 4.74 Å². The Balaban J connectivity index is 1.92. The van der Waals surface area contributed by atoms with Gasteiger partial charge in [0, 0.05) is 46.1 Å². The summed E-state index contributed by atoms with van der Waals surface area (Å²) in [5, 5.41) is 2.61. The molecule has 1 aliphatic rings. The number of rotatable bonds is 5. The minimum Gasteiger partial charge on any atom is -0.474 e. The van der Waals surface area contributed by atoms with E-state index < -0.39 is 10.0 Å². The Morgan fingerprint density at radius 3 is 2.58 bits per heavy atom. The molecule has 1 fully saturated rings. The summed E-state index contributed by atoms with van der Waals surface area (Å²) in [5.41, 5.74) is 0.499. The van der Waals surface area contributed by atoms with Gasteiger partial charge >= 0.3 is 6.03 Å². The van der Waals surface area contributed by atoms with Crippen LogP contribution in [0.5, 0.6) is 5.88 Å². The molecule has 2 rings (SSSR count). The fourth-order valence-electron chi connectivity index (χ4n) is 2.49. The normalized spacial score (nSPS) is 15.9. The molecule has 0 unspecified atom stereocenters. The molecule has 2 heterocycles. The molecule has 9 heteroatoms. The fourth-order valence-corrected chi connectivity index (χ4v) is 3.30. The van der Waals surface area contributed by atoms with E-state index in [-0.39, 0.29) is 17.9 Å². The fraction of sp³-hybridized carbons (Fsp3) is 0.600. The number of nitrogens with zero attached hydrogens (tertiary/aromatic N) is 3. The highest BCUT2D eigenvalue weighted by molar-refractivity contribution is 7.92. The van der Waals surface area contributed by atoms with E-state index in [1.165, 1.54) is 17.5 Å². The highest BCUT2D eigenvalue weighted by atomic mass is 32.2. The van der Waals surface area contributed by atoms with Crippen LogP contribution in [-0.4, -0.2) is 63.4 Å². The summed E-state index contributed by atoms with van der Waals surface area (Å²) >= 11 is 0. The van der Waals surface area contributed by atoms with E-state index in [0.29, 0.717) is 24.7 Å². The van der Waals surface area contributed by atoms with Crippen LogP contribution in [-0.2, 0) is 10.0 Å². The topological polar surface area (TPSA) is 91.8 Å². The van der Waals surface area contributed by atoms with E-state index in [2.05, 4.69) is 10.3 Å². The van der Waals surface area contributed by atoms with Crippen molar-refractivity contribution >= 4 is 21.7 Å². The van der Waals surface area contributed by atoms with Gasteiger partial charge in [0.25, 0.3) is 0 Å². The van der Waals surface area contributed by atoms with Gasteiger partial charge in [-0.25, -0.2) is 18.2 Å². The number of likely N-dealkylation sites (tertiary alicyclic amines) is 1. The first-order chi connectivity index (χ1) is 11.4. The molecule has 0 atom stereocenters. The Labute approximate surface area is 142 Å². The van der Waals surface area contributed by atoms with Crippen LogP contribution in [0.1, 0.15) is 19.8 Å². The molecule has 0 spiro atoms. The highest BCUT2D eigenvalue weighted by Crippen LogP contribution is 2.21. The van der Waals surface area contributed by atoms with E-state index in [1.807, 2.05) is 0 Å². The molecule has 134 valence electrons. The second-order valence-electron chi connectivity index (χ2n) is 5.58. The zero-order valence-corrected chi connectivity index (χ0v) is 15.0. The van der Waals surface area contributed by atoms with Crippen LogP contribution in [0.4, 0.5) is 10.5 Å². The highest BCUT2D eigenvalue weighted by Gasteiger charge is 2.23. The van der Waals surface area contributed by atoms with Crippen LogP contribution >= 0.6 is 0 Å². The van der Waals surface area contributed by atoms with Crippen molar-refractivity contribution in [2.45, 2.75) is 25.9 Å². The van der Waals surface area contributed by atoms with Gasteiger partial charge in [-0.1, -0.05) is 0 Å². The van der Waals surface area contributed by atoms with Crippen LogP contribution in [0.25, 0.3) is 0 Å². The Morgan fingerprint density at radius 2 is 2.08 bits per heavy atom. The van der Waals surface area contributed by atoms with Crippen LogP contribution in [0.3, 0.4) is 0 Å². The van der Waals surface area contributed by atoms with E-state index in [0.717, 1.165) is 12.8 Å². The van der Waals surface area contributed by atoms with Crippen molar-refractivity contribution < 1.29 is 17.9 Å². The maximum atomic E-state index is 11.8. The molecule has 1 aromatic rings. The number of hydrogen-bond donors (Lipinski definition) is 1. The molecule has 1 aliphatic heterocycles. The molecule has 0 saturated carbocycles. The maximum absolute atomic E-state index is 11.8. The second kappa shape index (κ2) is 7.69. The number of anilines is 1.